The average Bonchev–Trinajstić information content (AvgIpc) is 3.00. The number of aryl methyl sites for hydroxylation is 1. The second-order valence-electron chi connectivity index (χ2n) is 4.75. The number of carbonyl (C=O) groups is 1. The molecule has 0 bridgehead atoms. The van der Waals surface area contributed by atoms with Gasteiger partial charge in [0.15, 0.2) is 6.61 Å². The molecule has 0 saturated carbocycles. The van der Waals surface area contributed by atoms with Gasteiger partial charge in [0.2, 0.25) is 11.7 Å². The lowest BCUT2D eigenvalue weighted by atomic mass is 10.2. The van der Waals surface area contributed by atoms with Crippen LogP contribution in [0, 0.1) is 6.92 Å². The summed E-state index contributed by atoms with van der Waals surface area (Å²) in [4.78, 5) is 16.1. The number of ether oxygens (including phenoxy) is 2. The fourth-order valence-electron chi connectivity index (χ4n) is 1.89. The summed E-state index contributed by atoms with van der Waals surface area (Å²) in [5.41, 5.74) is 0.441. The van der Waals surface area contributed by atoms with E-state index in [0.717, 1.165) is 0 Å². The van der Waals surface area contributed by atoms with Crippen LogP contribution in [0.2, 0.25) is 0 Å². The second kappa shape index (κ2) is 6.74. The molecule has 1 heterocycles. The van der Waals surface area contributed by atoms with Gasteiger partial charge in [-0.15, -0.1) is 0 Å². The number of para-hydroxylation sites is 1. The van der Waals surface area contributed by atoms with Crippen LogP contribution in [0.5, 0.6) is 11.5 Å². The molecular weight excluding hydrogens is 296 g/mol. The average molecular weight is 310 g/mol. The number of benzene rings is 2. The zero-order valence-corrected chi connectivity index (χ0v) is 12.4. The molecule has 3 rings (SSSR count). The molecule has 6 heteroatoms. The Morgan fingerprint density at radius 1 is 1.04 bits per heavy atom. The van der Waals surface area contributed by atoms with Crippen LogP contribution in [0.4, 0.5) is 0 Å². The fourth-order valence-corrected chi connectivity index (χ4v) is 1.89. The highest BCUT2D eigenvalue weighted by atomic mass is 16.5. The summed E-state index contributed by atoms with van der Waals surface area (Å²) < 4.78 is 15.6. The van der Waals surface area contributed by atoms with E-state index in [0.29, 0.717) is 28.8 Å². The van der Waals surface area contributed by atoms with E-state index in [1.54, 1.807) is 55.5 Å². The summed E-state index contributed by atoms with van der Waals surface area (Å²) >= 11 is 0. The molecule has 0 spiro atoms. The molecule has 0 amide bonds. The van der Waals surface area contributed by atoms with Crippen molar-refractivity contribution in [2.75, 3.05) is 0 Å². The first kappa shape index (κ1) is 14.8. The molecule has 0 N–H and O–H groups in total. The molecule has 0 atom stereocenters. The predicted octanol–water partition coefficient (Wildman–Crippen LogP) is 3.18. The third-order valence-electron chi connectivity index (χ3n) is 2.98. The van der Waals surface area contributed by atoms with E-state index in [4.69, 9.17) is 14.0 Å². The van der Waals surface area contributed by atoms with Gasteiger partial charge in [-0.05, 0) is 36.4 Å². The van der Waals surface area contributed by atoms with E-state index in [1.807, 2.05) is 6.07 Å². The first-order valence-corrected chi connectivity index (χ1v) is 7.00. The molecule has 0 unspecified atom stereocenters. The van der Waals surface area contributed by atoms with Crippen LogP contribution in [0.3, 0.4) is 0 Å². The molecule has 0 aliphatic heterocycles. The number of nitrogens with zero attached hydrogens (tertiary/aromatic N) is 2. The van der Waals surface area contributed by atoms with Gasteiger partial charge in [0.05, 0.1) is 5.56 Å². The smallest absolute Gasteiger partial charge is 0.343 e. The minimum absolute atomic E-state index is 0.200. The van der Waals surface area contributed by atoms with E-state index in [-0.39, 0.29) is 6.61 Å². The van der Waals surface area contributed by atoms with Crippen molar-refractivity contribution < 1.29 is 18.8 Å². The molecule has 23 heavy (non-hydrogen) atoms. The number of esters is 1. The Labute approximate surface area is 132 Å². The molecule has 0 aliphatic rings. The van der Waals surface area contributed by atoms with Crippen molar-refractivity contribution in [2.45, 2.75) is 13.5 Å². The van der Waals surface area contributed by atoms with Crippen LogP contribution in [0.1, 0.15) is 22.1 Å². The van der Waals surface area contributed by atoms with E-state index in [9.17, 15) is 4.79 Å². The molecule has 1 aromatic heterocycles. The van der Waals surface area contributed by atoms with Gasteiger partial charge >= 0.3 is 5.97 Å². The Hall–Kier alpha value is -3.15. The van der Waals surface area contributed by atoms with Crippen molar-refractivity contribution in [3.8, 4) is 11.5 Å². The zero-order chi connectivity index (χ0) is 16.1. The van der Waals surface area contributed by atoms with Crippen molar-refractivity contribution >= 4 is 5.97 Å². The molecule has 0 fully saturated rings. The van der Waals surface area contributed by atoms with Crippen molar-refractivity contribution in [3.05, 3.63) is 71.9 Å². The SMILES string of the molecule is Cc1nc(COc2ccc(C(=O)Oc3ccccc3)cc2)no1. The molecule has 116 valence electrons. The first-order chi connectivity index (χ1) is 11.2. The van der Waals surface area contributed by atoms with E-state index in [2.05, 4.69) is 10.1 Å². The van der Waals surface area contributed by atoms with Gasteiger partial charge < -0.3 is 14.0 Å². The summed E-state index contributed by atoms with van der Waals surface area (Å²) in [6, 6.07) is 15.6. The van der Waals surface area contributed by atoms with Crippen LogP contribution in [0.25, 0.3) is 0 Å². The first-order valence-electron chi connectivity index (χ1n) is 7.00. The van der Waals surface area contributed by atoms with Crippen LogP contribution >= 0.6 is 0 Å². The van der Waals surface area contributed by atoms with Gasteiger partial charge in [-0.25, -0.2) is 4.79 Å². The van der Waals surface area contributed by atoms with Gasteiger partial charge in [0, 0.05) is 6.92 Å². The van der Waals surface area contributed by atoms with Crippen molar-refractivity contribution in [1.82, 2.24) is 10.1 Å². The van der Waals surface area contributed by atoms with Gasteiger partial charge in [0.1, 0.15) is 11.5 Å². The number of hydrogen-bond donors (Lipinski definition) is 0. The van der Waals surface area contributed by atoms with Crippen LogP contribution in [-0.2, 0) is 6.61 Å². The van der Waals surface area contributed by atoms with Crippen molar-refractivity contribution in [1.29, 1.82) is 0 Å². The summed E-state index contributed by atoms with van der Waals surface area (Å²) in [5, 5.41) is 3.74. The summed E-state index contributed by atoms with van der Waals surface area (Å²) in [6.07, 6.45) is 0. The third kappa shape index (κ3) is 3.94. The largest absolute Gasteiger partial charge is 0.485 e. The standard InChI is InChI=1S/C17H14N2O4/c1-12-18-16(19-23-12)11-21-14-9-7-13(8-10-14)17(20)22-15-5-3-2-4-6-15/h2-10H,11H2,1H3. The van der Waals surface area contributed by atoms with Crippen molar-refractivity contribution in [3.63, 3.8) is 0 Å². The highest BCUT2D eigenvalue weighted by Gasteiger charge is 2.09. The van der Waals surface area contributed by atoms with E-state index < -0.39 is 5.97 Å². The Morgan fingerprint density at radius 2 is 1.78 bits per heavy atom. The highest BCUT2D eigenvalue weighted by Crippen LogP contribution is 2.16. The zero-order valence-electron chi connectivity index (χ0n) is 12.4. The maximum atomic E-state index is 12.0. The summed E-state index contributed by atoms with van der Waals surface area (Å²) in [5.74, 6) is 1.64. The molecule has 0 aliphatic carbocycles. The number of aromatic nitrogens is 2. The third-order valence-corrected chi connectivity index (χ3v) is 2.98. The fraction of sp³-hybridized carbons (Fsp3) is 0.118. The number of hydrogen-bond acceptors (Lipinski definition) is 6. The monoisotopic (exact) mass is 310 g/mol. The second-order valence-corrected chi connectivity index (χ2v) is 4.75. The van der Waals surface area contributed by atoms with Crippen LogP contribution in [-0.4, -0.2) is 16.1 Å². The molecule has 0 radical (unpaired) electrons. The Kier molecular flexibility index (Phi) is 4.33. The molecule has 6 nitrogen and oxygen atoms in total. The van der Waals surface area contributed by atoms with Crippen LogP contribution < -0.4 is 9.47 Å². The maximum absolute atomic E-state index is 12.0. The van der Waals surface area contributed by atoms with E-state index >= 15 is 0 Å². The summed E-state index contributed by atoms with van der Waals surface area (Å²) in [6.45, 7) is 1.91. The predicted molar refractivity (Wildman–Crippen MR) is 81.2 cm³/mol. The summed E-state index contributed by atoms with van der Waals surface area (Å²) in [7, 11) is 0. The lowest BCUT2D eigenvalue weighted by molar-refractivity contribution is 0.0734. The van der Waals surface area contributed by atoms with Gasteiger partial charge in [-0.3, -0.25) is 0 Å². The Morgan fingerprint density at radius 3 is 2.43 bits per heavy atom. The number of rotatable bonds is 5. The Balaban J connectivity index is 1.59. The molecule has 3 aromatic rings. The normalized spacial score (nSPS) is 10.3. The van der Waals surface area contributed by atoms with E-state index in [1.165, 1.54) is 0 Å². The quantitative estimate of drug-likeness (QED) is 0.532. The van der Waals surface area contributed by atoms with Gasteiger partial charge in [-0.1, -0.05) is 23.4 Å². The minimum Gasteiger partial charge on any atom is -0.485 e. The lowest BCUT2D eigenvalue weighted by Crippen LogP contribution is -2.08. The van der Waals surface area contributed by atoms with Gasteiger partial charge in [0.25, 0.3) is 0 Å². The molecule has 0 saturated heterocycles. The Bertz CT molecular complexity index is 782. The highest BCUT2D eigenvalue weighted by molar-refractivity contribution is 5.91. The van der Waals surface area contributed by atoms with Crippen LogP contribution in [0.15, 0.2) is 59.1 Å². The maximum Gasteiger partial charge on any atom is 0.343 e. The molecular formula is C17H14N2O4. The molecule has 2 aromatic carbocycles. The lowest BCUT2D eigenvalue weighted by Gasteiger charge is -2.06. The van der Waals surface area contributed by atoms with Gasteiger partial charge in [-0.2, -0.15) is 4.98 Å². The minimum atomic E-state index is -0.420. The van der Waals surface area contributed by atoms with Crippen molar-refractivity contribution in [2.24, 2.45) is 0 Å². The number of carbonyl (C=O) groups excluding carboxylic acids is 1. The topological polar surface area (TPSA) is 74.5 Å².